The summed E-state index contributed by atoms with van der Waals surface area (Å²) in [6.07, 6.45) is -1.03. The zero-order chi connectivity index (χ0) is 19.0. The van der Waals surface area contributed by atoms with Crippen LogP contribution < -0.4 is 10.7 Å². The molecule has 2 N–H and O–H groups in total. The highest BCUT2D eigenvalue weighted by atomic mass is 19.4. The van der Waals surface area contributed by atoms with Gasteiger partial charge in [-0.1, -0.05) is 42.5 Å². The molecule has 2 rings (SSSR count). The average molecular weight is 361 g/mol. The first-order valence-corrected chi connectivity index (χ1v) is 7.81. The molecule has 0 unspecified atom stereocenters. The van der Waals surface area contributed by atoms with Gasteiger partial charge in [-0.2, -0.15) is 18.3 Å². The monoisotopic (exact) mass is 361 g/mol. The van der Waals surface area contributed by atoms with Gasteiger partial charge in [-0.15, -0.1) is 0 Å². The van der Waals surface area contributed by atoms with Crippen molar-refractivity contribution in [3.05, 3.63) is 71.3 Å². The van der Waals surface area contributed by atoms with E-state index >= 15 is 0 Å². The molecule has 0 aliphatic heterocycles. The van der Waals surface area contributed by atoms with E-state index in [1.165, 1.54) is 18.3 Å². The zero-order valence-electron chi connectivity index (χ0n) is 14.0. The fourth-order valence-electron chi connectivity index (χ4n) is 2.08. The summed E-state index contributed by atoms with van der Waals surface area (Å²) in [5.41, 5.74) is 3.60. The first kappa shape index (κ1) is 19.2. The van der Waals surface area contributed by atoms with Gasteiger partial charge in [0.15, 0.2) is 0 Å². The number of anilines is 1. The highest BCUT2D eigenvalue weighted by Gasteiger charge is 2.30. The second-order valence-corrected chi connectivity index (χ2v) is 5.52. The van der Waals surface area contributed by atoms with Crippen molar-refractivity contribution in [2.24, 2.45) is 5.10 Å². The number of halogens is 3. The summed E-state index contributed by atoms with van der Waals surface area (Å²) in [4.78, 5) is 11.7. The summed E-state index contributed by atoms with van der Waals surface area (Å²) in [5, 5.41) is 6.46. The lowest BCUT2D eigenvalue weighted by molar-refractivity contribution is -0.137. The van der Waals surface area contributed by atoms with E-state index in [1.54, 1.807) is 0 Å². The number of hydrazone groups is 1. The molecule has 26 heavy (non-hydrogen) atoms. The van der Waals surface area contributed by atoms with Crippen LogP contribution in [0.5, 0.6) is 0 Å². The first-order valence-electron chi connectivity index (χ1n) is 7.81. The predicted octanol–water partition coefficient (Wildman–Crippen LogP) is 4.32. The maximum atomic E-state index is 12.6. The van der Waals surface area contributed by atoms with Crippen LogP contribution in [0.1, 0.15) is 18.1 Å². The molecule has 2 aromatic rings. The summed E-state index contributed by atoms with van der Waals surface area (Å²) in [6.45, 7) is 1.64. The van der Waals surface area contributed by atoms with Crippen molar-refractivity contribution in [3.8, 4) is 0 Å². The van der Waals surface area contributed by atoms with E-state index in [9.17, 15) is 18.0 Å². The van der Waals surface area contributed by atoms with Crippen LogP contribution in [0, 0.1) is 0 Å². The minimum Gasteiger partial charge on any atom is -0.376 e. The van der Waals surface area contributed by atoms with Gasteiger partial charge in [-0.05, 0) is 36.3 Å². The number of carbonyl (C=O) groups excluding carboxylic acids is 1. The van der Waals surface area contributed by atoms with Crippen molar-refractivity contribution in [1.82, 2.24) is 5.43 Å². The number of allylic oxidation sites excluding steroid dienone is 1. The van der Waals surface area contributed by atoms with Crippen molar-refractivity contribution < 1.29 is 18.0 Å². The Balaban J connectivity index is 1.83. The molecule has 0 bridgehead atoms. The molecule has 0 saturated heterocycles. The van der Waals surface area contributed by atoms with E-state index in [-0.39, 0.29) is 12.2 Å². The van der Waals surface area contributed by atoms with E-state index < -0.39 is 17.6 Å². The number of carbonyl (C=O) groups is 1. The maximum Gasteiger partial charge on any atom is 0.416 e. The Labute approximate surface area is 149 Å². The molecule has 4 nitrogen and oxygen atoms in total. The SMILES string of the molecule is CC(/C=N\NC(=O)CNc1cccc(C(F)(F)F)c1)=C/c1ccccc1. The van der Waals surface area contributed by atoms with Crippen LogP contribution >= 0.6 is 0 Å². The van der Waals surface area contributed by atoms with Gasteiger partial charge in [-0.3, -0.25) is 4.79 Å². The lowest BCUT2D eigenvalue weighted by Crippen LogP contribution is -2.26. The maximum absolute atomic E-state index is 12.6. The topological polar surface area (TPSA) is 53.5 Å². The molecule has 2 aromatic carbocycles. The summed E-state index contributed by atoms with van der Waals surface area (Å²) in [6, 6.07) is 14.3. The lowest BCUT2D eigenvalue weighted by atomic mass is 10.1. The van der Waals surface area contributed by atoms with Gasteiger partial charge in [0.2, 0.25) is 0 Å². The van der Waals surface area contributed by atoms with Crippen LogP contribution in [-0.4, -0.2) is 18.7 Å². The Bertz CT molecular complexity index is 799. The molecular weight excluding hydrogens is 343 g/mol. The number of nitrogens with zero attached hydrogens (tertiary/aromatic N) is 1. The second kappa shape index (κ2) is 8.84. The predicted molar refractivity (Wildman–Crippen MR) is 96.7 cm³/mol. The number of benzene rings is 2. The van der Waals surface area contributed by atoms with Gasteiger partial charge in [-0.25, -0.2) is 5.43 Å². The Morgan fingerprint density at radius 2 is 1.85 bits per heavy atom. The van der Waals surface area contributed by atoms with Crippen LogP contribution in [0.2, 0.25) is 0 Å². The van der Waals surface area contributed by atoms with Crippen molar-refractivity contribution >= 4 is 23.9 Å². The number of hydrogen-bond acceptors (Lipinski definition) is 3. The standard InChI is InChI=1S/C19H18F3N3O/c1-14(10-15-6-3-2-4-7-15)12-24-25-18(26)13-23-17-9-5-8-16(11-17)19(20,21)22/h2-12,23H,13H2,1H3,(H,25,26)/b14-10-,24-12-. The molecule has 0 fully saturated rings. The Hall–Kier alpha value is -3.09. The van der Waals surface area contributed by atoms with Gasteiger partial charge in [0.25, 0.3) is 5.91 Å². The minimum absolute atomic E-state index is 0.194. The third-order valence-electron chi connectivity index (χ3n) is 3.29. The quantitative estimate of drug-likeness (QED) is 0.595. The zero-order valence-corrected chi connectivity index (χ0v) is 14.0. The van der Waals surface area contributed by atoms with E-state index in [4.69, 9.17) is 0 Å². The number of hydrogen-bond donors (Lipinski definition) is 2. The Morgan fingerprint density at radius 1 is 1.12 bits per heavy atom. The van der Waals surface area contributed by atoms with Crippen LogP contribution in [0.25, 0.3) is 6.08 Å². The van der Waals surface area contributed by atoms with E-state index in [0.717, 1.165) is 23.3 Å². The van der Waals surface area contributed by atoms with E-state index in [1.807, 2.05) is 43.3 Å². The molecule has 136 valence electrons. The molecule has 0 heterocycles. The molecule has 7 heteroatoms. The van der Waals surface area contributed by atoms with Crippen molar-refractivity contribution in [2.45, 2.75) is 13.1 Å². The molecule has 0 radical (unpaired) electrons. The second-order valence-electron chi connectivity index (χ2n) is 5.52. The number of alkyl halides is 3. The number of nitrogens with one attached hydrogen (secondary N) is 2. The molecule has 0 saturated carbocycles. The van der Waals surface area contributed by atoms with Crippen LogP contribution in [0.3, 0.4) is 0 Å². The molecule has 0 aliphatic rings. The summed E-state index contributed by atoms with van der Waals surface area (Å²) < 4.78 is 37.9. The molecule has 0 atom stereocenters. The summed E-state index contributed by atoms with van der Waals surface area (Å²) in [5.74, 6) is -0.467. The van der Waals surface area contributed by atoms with Gasteiger partial charge >= 0.3 is 6.18 Å². The van der Waals surface area contributed by atoms with E-state index in [0.29, 0.717) is 0 Å². The molecular formula is C19H18F3N3O. The van der Waals surface area contributed by atoms with Gasteiger partial charge in [0.05, 0.1) is 18.3 Å². The highest BCUT2D eigenvalue weighted by Crippen LogP contribution is 2.30. The molecule has 1 amide bonds. The molecule has 0 spiro atoms. The van der Waals surface area contributed by atoms with Gasteiger partial charge in [0.1, 0.15) is 0 Å². The Kier molecular flexibility index (Phi) is 6.54. The third kappa shape index (κ3) is 6.43. The number of amides is 1. The summed E-state index contributed by atoms with van der Waals surface area (Å²) >= 11 is 0. The fourth-order valence-corrected chi connectivity index (χ4v) is 2.08. The smallest absolute Gasteiger partial charge is 0.376 e. The first-order chi connectivity index (χ1) is 12.3. The van der Waals surface area contributed by atoms with Crippen molar-refractivity contribution in [1.29, 1.82) is 0 Å². The molecule has 0 aliphatic carbocycles. The summed E-state index contributed by atoms with van der Waals surface area (Å²) in [7, 11) is 0. The largest absolute Gasteiger partial charge is 0.416 e. The van der Waals surface area contributed by atoms with Crippen LogP contribution in [0.4, 0.5) is 18.9 Å². The fraction of sp³-hybridized carbons (Fsp3) is 0.158. The van der Waals surface area contributed by atoms with Gasteiger partial charge < -0.3 is 5.32 Å². The van der Waals surface area contributed by atoms with Crippen molar-refractivity contribution in [3.63, 3.8) is 0 Å². The average Bonchev–Trinajstić information content (AvgIpc) is 2.60. The van der Waals surface area contributed by atoms with E-state index in [2.05, 4.69) is 15.8 Å². The number of rotatable bonds is 6. The van der Waals surface area contributed by atoms with Crippen LogP contribution in [-0.2, 0) is 11.0 Å². The minimum atomic E-state index is -4.42. The normalized spacial score (nSPS) is 12.2. The highest BCUT2D eigenvalue weighted by molar-refractivity contribution is 5.87. The lowest BCUT2D eigenvalue weighted by Gasteiger charge is -2.10. The molecule has 0 aromatic heterocycles. The van der Waals surface area contributed by atoms with Crippen LogP contribution in [0.15, 0.2) is 65.3 Å². The van der Waals surface area contributed by atoms with Crippen molar-refractivity contribution in [2.75, 3.05) is 11.9 Å². The van der Waals surface area contributed by atoms with Gasteiger partial charge in [0, 0.05) is 5.69 Å². The Morgan fingerprint density at radius 3 is 2.54 bits per heavy atom. The third-order valence-corrected chi connectivity index (χ3v) is 3.29.